The maximum absolute atomic E-state index is 5.89. The largest absolute Gasteiger partial charge is 0.370 e. The number of benzene rings is 1. The molecule has 0 saturated carbocycles. The summed E-state index contributed by atoms with van der Waals surface area (Å²) in [7, 11) is 0. The Balaban J connectivity index is 2.25. The first-order valence-electron chi connectivity index (χ1n) is 7.72. The second-order valence-electron chi connectivity index (χ2n) is 5.89. The predicted molar refractivity (Wildman–Crippen MR) is 92.5 cm³/mol. The quantitative estimate of drug-likeness (QED) is 0.330. The monoisotopic (exact) mass is 287 g/mol. The Bertz CT molecular complexity index is 469. The average molecular weight is 287 g/mol. The molecule has 0 heterocycles. The summed E-state index contributed by atoms with van der Waals surface area (Å²) < 4.78 is 0. The number of rotatable bonds is 8. The summed E-state index contributed by atoms with van der Waals surface area (Å²) in [6.45, 7) is 11.7. The van der Waals surface area contributed by atoms with Gasteiger partial charge in [0.05, 0.1) is 6.54 Å². The third-order valence-electron chi connectivity index (χ3n) is 3.30. The van der Waals surface area contributed by atoms with Crippen LogP contribution in [-0.2, 0) is 6.54 Å². The molecular formula is C18H29N3. The highest BCUT2D eigenvalue weighted by Crippen LogP contribution is 2.09. The van der Waals surface area contributed by atoms with Gasteiger partial charge < -0.3 is 11.1 Å². The van der Waals surface area contributed by atoms with Crippen molar-refractivity contribution in [3.05, 3.63) is 47.0 Å². The van der Waals surface area contributed by atoms with Crippen molar-refractivity contribution in [3.63, 3.8) is 0 Å². The smallest absolute Gasteiger partial charge is 0.188 e. The Morgan fingerprint density at radius 2 is 1.81 bits per heavy atom. The Morgan fingerprint density at radius 3 is 2.43 bits per heavy atom. The maximum atomic E-state index is 5.89. The lowest BCUT2D eigenvalue weighted by atomic mass is 10.1. The number of aryl methyl sites for hydroxylation is 2. The summed E-state index contributed by atoms with van der Waals surface area (Å²) in [6.07, 6.45) is 4.64. The maximum Gasteiger partial charge on any atom is 0.188 e. The molecule has 1 aromatic rings. The van der Waals surface area contributed by atoms with Crippen LogP contribution in [-0.4, -0.2) is 12.5 Å². The van der Waals surface area contributed by atoms with Crippen LogP contribution in [0, 0.1) is 13.8 Å². The van der Waals surface area contributed by atoms with Crippen molar-refractivity contribution in [3.8, 4) is 0 Å². The molecule has 0 saturated heterocycles. The van der Waals surface area contributed by atoms with E-state index >= 15 is 0 Å². The fourth-order valence-corrected chi connectivity index (χ4v) is 2.34. The van der Waals surface area contributed by atoms with Crippen LogP contribution < -0.4 is 11.1 Å². The van der Waals surface area contributed by atoms with E-state index in [0.29, 0.717) is 12.5 Å². The van der Waals surface area contributed by atoms with Crippen molar-refractivity contribution >= 4 is 5.96 Å². The zero-order chi connectivity index (χ0) is 15.7. The summed E-state index contributed by atoms with van der Waals surface area (Å²) >= 11 is 0. The molecule has 21 heavy (non-hydrogen) atoms. The van der Waals surface area contributed by atoms with E-state index in [9.17, 15) is 0 Å². The molecule has 0 amide bonds. The van der Waals surface area contributed by atoms with Crippen LogP contribution in [0.15, 0.2) is 35.3 Å². The Hall–Kier alpha value is -1.77. The molecule has 0 unspecified atom stereocenters. The average Bonchev–Trinajstić information content (AvgIpc) is 2.39. The standard InChI is InChI=1S/C18H29N3/c1-14(2)8-6-5-7-9-20-18(19)21-13-17-11-15(3)10-16(4)12-17/h10-12H,1,5-9,13H2,2-4H3,(H3,19,20,21). The normalized spacial score (nSPS) is 11.5. The minimum atomic E-state index is 0.536. The molecule has 0 aromatic heterocycles. The van der Waals surface area contributed by atoms with Gasteiger partial charge >= 0.3 is 0 Å². The highest BCUT2D eigenvalue weighted by molar-refractivity contribution is 5.77. The molecule has 116 valence electrons. The molecule has 0 aliphatic rings. The van der Waals surface area contributed by atoms with Gasteiger partial charge in [-0.25, -0.2) is 4.99 Å². The molecule has 0 bridgehead atoms. The van der Waals surface area contributed by atoms with Crippen LogP contribution in [0.2, 0.25) is 0 Å². The summed E-state index contributed by atoms with van der Waals surface area (Å²) in [5, 5.41) is 3.18. The predicted octanol–water partition coefficient (Wildman–Crippen LogP) is 3.84. The van der Waals surface area contributed by atoms with Gasteiger partial charge in [-0.3, -0.25) is 0 Å². The summed E-state index contributed by atoms with van der Waals surface area (Å²) in [4.78, 5) is 4.39. The van der Waals surface area contributed by atoms with E-state index in [1.165, 1.54) is 35.1 Å². The summed E-state index contributed by atoms with van der Waals surface area (Å²) in [6, 6.07) is 6.47. The van der Waals surface area contributed by atoms with Crippen molar-refractivity contribution in [2.75, 3.05) is 6.54 Å². The molecule has 1 aromatic carbocycles. The van der Waals surface area contributed by atoms with Gasteiger partial charge in [-0.1, -0.05) is 41.3 Å². The zero-order valence-electron chi connectivity index (χ0n) is 13.7. The number of unbranched alkanes of at least 4 members (excludes halogenated alkanes) is 2. The molecule has 0 atom stereocenters. The molecule has 0 fully saturated rings. The van der Waals surface area contributed by atoms with Gasteiger partial charge in [0.1, 0.15) is 0 Å². The number of aliphatic imine (C=N–C) groups is 1. The van der Waals surface area contributed by atoms with Crippen molar-refractivity contribution < 1.29 is 0 Å². The molecular weight excluding hydrogens is 258 g/mol. The lowest BCUT2D eigenvalue weighted by molar-refractivity contribution is 0.660. The third kappa shape index (κ3) is 8.18. The molecule has 1 rings (SSSR count). The van der Waals surface area contributed by atoms with E-state index in [4.69, 9.17) is 5.73 Å². The minimum Gasteiger partial charge on any atom is -0.370 e. The first kappa shape index (κ1) is 17.3. The second-order valence-corrected chi connectivity index (χ2v) is 5.89. The highest BCUT2D eigenvalue weighted by atomic mass is 15.1. The molecule has 3 N–H and O–H groups in total. The zero-order valence-corrected chi connectivity index (χ0v) is 13.7. The highest BCUT2D eigenvalue weighted by Gasteiger charge is 1.97. The van der Waals surface area contributed by atoms with E-state index < -0.39 is 0 Å². The molecule has 3 nitrogen and oxygen atoms in total. The van der Waals surface area contributed by atoms with Crippen molar-refractivity contribution in [1.29, 1.82) is 0 Å². The number of allylic oxidation sites excluding steroid dienone is 1. The Kier molecular flexibility index (Phi) is 7.59. The Labute approximate surface area is 129 Å². The van der Waals surface area contributed by atoms with E-state index in [-0.39, 0.29) is 0 Å². The number of nitrogens with zero attached hydrogens (tertiary/aromatic N) is 1. The van der Waals surface area contributed by atoms with Crippen molar-refractivity contribution in [2.24, 2.45) is 10.7 Å². The van der Waals surface area contributed by atoms with Crippen LogP contribution in [0.1, 0.15) is 49.3 Å². The van der Waals surface area contributed by atoms with Crippen LogP contribution in [0.5, 0.6) is 0 Å². The molecule has 3 heteroatoms. The van der Waals surface area contributed by atoms with Gasteiger partial charge in [0.2, 0.25) is 0 Å². The minimum absolute atomic E-state index is 0.536. The number of nitrogens with two attached hydrogens (primary N) is 1. The molecule has 0 aliphatic carbocycles. The fourth-order valence-electron chi connectivity index (χ4n) is 2.34. The first-order chi connectivity index (χ1) is 9.97. The lowest BCUT2D eigenvalue weighted by Gasteiger charge is -2.06. The van der Waals surface area contributed by atoms with Crippen LogP contribution in [0.4, 0.5) is 0 Å². The number of nitrogens with one attached hydrogen (secondary N) is 1. The van der Waals surface area contributed by atoms with Crippen LogP contribution >= 0.6 is 0 Å². The summed E-state index contributed by atoms with van der Waals surface area (Å²) in [5.74, 6) is 0.536. The van der Waals surface area contributed by atoms with Gasteiger partial charge in [0, 0.05) is 6.54 Å². The van der Waals surface area contributed by atoms with Gasteiger partial charge in [-0.2, -0.15) is 0 Å². The number of hydrogen-bond acceptors (Lipinski definition) is 1. The van der Waals surface area contributed by atoms with Gasteiger partial charge in [-0.15, -0.1) is 6.58 Å². The van der Waals surface area contributed by atoms with Gasteiger partial charge in [0.25, 0.3) is 0 Å². The number of hydrogen-bond donors (Lipinski definition) is 2. The van der Waals surface area contributed by atoms with E-state index in [0.717, 1.165) is 19.4 Å². The number of guanidine groups is 1. The van der Waals surface area contributed by atoms with E-state index in [1.54, 1.807) is 0 Å². The summed E-state index contributed by atoms with van der Waals surface area (Å²) in [5.41, 5.74) is 10.9. The fraction of sp³-hybridized carbons (Fsp3) is 0.500. The van der Waals surface area contributed by atoms with Crippen LogP contribution in [0.3, 0.4) is 0 Å². The van der Waals surface area contributed by atoms with Crippen molar-refractivity contribution in [1.82, 2.24) is 5.32 Å². The molecule has 0 radical (unpaired) electrons. The van der Waals surface area contributed by atoms with E-state index in [1.807, 2.05) is 0 Å². The first-order valence-corrected chi connectivity index (χ1v) is 7.72. The van der Waals surface area contributed by atoms with E-state index in [2.05, 4.69) is 55.9 Å². The topological polar surface area (TPSA) is 50.4 Å². The molecule has 0 spiro atoms. The molecule has 0 aliphatic heterocycles. The Morgan fingerprint density at radius 1 is 1.14 bits per heavy atom. The lowest BCUT2D eigenvalue weighted by Crippen LogP contribution is -2.32. The third-order valence-corrected chi connectivity index (χ3v) is 3.30. The van der Waals surface area contributed by atoms with Crippen LogP contribution in [0.25, 0.3) is 0 Å². The second kappa shape index (κ2) is 9.22. The van der Waals surface area contributed by atoms with Crippen molar-refractivity contribution in [2.45, 2.75) is 53.0 Å². The SMILES string of the molecule is C=C(C)CCCCCNC(N)=NCc1cc(C)cc(C)c1. The van der Waals surface area contributed by atoms with Gasteiger partial charge in [0.15, 0.2) is 5.96 Å². The van der Waals surface area contributed by atoms with Gasteiger partial charge in [-0.05, 0) is 45.6 Å².